The average Bonchev–Trinajstić information content (AvgIpc) is 2.67. The number of aromatic amines is 1. The van der Waals surface area contributed by atoms with Crippen molar-refractivity contribution >= 4 is 16.7 Å². The highest BCUT2D eigenvalue weighted by molar-refractivity contribution is 5.79. The minimum Gasteiger partial charge on any atom is -0.373 e. The van der Waals surface area contributed by atoms with Gasteiger partial charge in [-0.2, -0.15) is 0 Å². The van der Waals surface area contributed by atoms with Gasteiger partial charge in [-0.3, -0.25) is 0 Å². The summed E-state index contributed by atoms with van der Waals surface area (Å²) in [6.45, 7) is 3.19. The molecule has 0 aliphatic rings. The van der Waals surface area contributed by atoms with Crippen LogP contribution in [0.25, 0.3) is 11.0 Å². The van der Waals surface area contributed by atoms with Gasteiger partial charge in [-0.15, -0.1) is 0 Å². The number of aromatic nitrogens is 2. The molecule has 0 saturated heterocycles. The summed E-state index contributed by atoms with van der Waals surface area (Å²) in [6.07, 6.45) is 0. The molecule has 0 aliphatic carbocycles. The van der Waals surface area contributed by atoms with Crippen LogP contribution in [0.2, 0.25) is 0 Å². The summed E-state index contributed by atoms with van der Waals surface area (Å²) >= 11 is 0. The fourth-order valence-electron chi connectivity index (χ4n) is 1.89. The van der Waals surface area contributed by atoms with Crippen molar-refractivity contribution in [2.45, 2.75) is 13.0 Å². The van der Waals surface area contributed by atoms with Gasteiger partial charge in [0, 0.05) is 31.9 Å². The molecule has 0 aliphatic heterocycles. The van der Waals surface area contributed by atoms with Crippen LogP contribution in [-0.4, -0.2) is 36.1 Å². The second-order valence-electron chi connectivity index (χ2n) is 4.40. The van der Waals surface area contributed by atoms with E-state index in [0.29, 0.717) is 6.54 Å². The maximum atomic E-state index is 5.84. The van der Waals surface area contributed by atoms with E-state index in [1.54, 1.807) is 0 Å². The van der Waals surface area contributed by atoms with Gasteiger partial charge in [0.2, 0.25) is 0 Å². The van der Waals surface area contributed by atoms with E-state index in [4.69, 9.17) is 11.5 Å². The zero-order valence-corrected chi connectivity index (χ0v) is 10.3. The second-order valence-corrected chi connectivity index (χ2v) is 4.40. The Balaban J connectivity index is 2.23. The van der Waals surface area contributed by atoms with Crippen LogP contribution in [0.1, 0.15) is 5.82 Å². The van der Waals surface area contributed by atoms with Gasteiger partial charge in [0.1, 0.15) is 5.82 Å². The number of nitrogens with one attached hydrogen (secondary N) is 1. The number of nitrogens with two attached hydrogens (primary N) is 2. The van der Waals surface area contributed by atoms with E-state index in [2.05, 4.69) is 20.9 Å². The minimum absolute atomic E-state index is 0.000741. The van der Waals surface area contributed by atoms with Gasteiger partial charge in [0.25, 0.3) is 0 Å². The third kappa shape index (κ3) is 2.57. The van der Waals surface area contributed by atoms with Crippen LogP contribution in [0.4, 0.5) is 5.69 Å². The molecule has 1 aromatic heterocycles. The quantitative estimate of drug-likeness (QED) is 0.722. The first kappa shape index (κ1) is 11.9. The average molecular weight is 233 g/mol. The number of rotatable bonds is 4. The number of likely N-dealkylation sites (N-methyl/N-ethyl adjacent to an activating group) is 1. The molecule has 0 amide bonds. The third-order valence-corrected chi connectivity index (χ3v) is 2.84. The van der Waals surface area contributed by atoms with Crippen LogP contribution < -0.4 is 16.4 Å². The first-order chi connectivity index (χ1) is 8.10. The lowest BCUT2D eigenvalue weighted by Crippen LogP contribution is -2.40. The van der Waals surface area contributed by atoms with Crippen molar-refractivity contribution in [2.75, 3.05) is 25.0 Å². The lowest BCUT2D eigenvalue weighted by Gasteiger charge is -2.22. The summed E-state index contributed by atoms with van der Waals surface area (Å²) in [5.41, 5.74) is 14.5. The molecule has 92 valence electrons. The van der Waals surface area contributed by atoms with E-state index in [0.717, 1.165) is 29.1 Å². The molecule has 0 spiro atoms. The number of hydrogen-bond donors (Lipinski definition) is 3. The Labute approximate surface area is 101 Å². The van der Waals surface area contributed by atoms with E-state index >= 15 is 0 Å². The molecule has 0 fully saturated rings. The number of aryl methyl sites for hydroxylation is 1. The second kappa shape index (κ2) is 4.73. The highest BCUT2D eigenvalue weighted by atomic mass is 15.1. The number of anilines is 1. The molecule has 2 rings (SSSR count). The molecule has 1 heterocycles. The zero-order valence-electron chi connectivity index (χ0n) is 10.3. The Hall–Kier alpha value is -1.59. The maximum absolute atomic E-state index is 5.84. The zero-order chi connectivity index (χ0) is 12.4. The smallest absolute Gasteiger partial charge is 0.104 e. The van der Waals surface area contributed by atoms with Crippen LogP contribution in [-0.2, 0) is 0 Å². The summed E-state index contributed by atoms with van der Waals surface area (Å²) in [7, 11) is 2.01. The standard InChI is InChI=1S/C12H19N5/c1-8-15-11-4-3-10(5-12(11)16-8)17(2)7-9(14)6-13/h3-5,9H,6-7,13-14H2,1-2H3,(H,15,16). The molecule has 0 radical (unpaired) electrons. The van der Waals surface area contributed by atoms with Gasteiger partial charge in [-0.25, -0.2) is 4.98 Å². The summed E-state index contributed by atoms with van der Waals surface area (Å²) in [5.74, 6) is 0.929. The topological polar surface area (TPSA) is 84.0 Å². The van der Waals surface area contributed by atoms with E-state index in [-0.39, 0.29) is 6.04 Å². The molecular weight excluding hydrogens is 214 g/mol. The van der Waals surface area contributed by atoms with Gasteiger partial charge in [-0.1, -0.05) is 0 Å². The highest BCUT2D eigenvalue weighted by Gasteiger charge is 2.07. The third-order valence-electron chi connectivity index (χ3n) is 2.84. The van der Waals surface area contributed by atoms with Crippen LogP contribution in [0.15, 0.2) is 18.2 Å². The Morgan fingerprint density at radius 1 is 1.47 bits per heavy atom. The van der Waals surface area contributed by atoms with Gasteiger partial charge >= 0.3 is 0 Å². The number of hydrogen-bond acceptors (Lipinski definition) is 4. The number of benzene rings is 1. The summed E-state index contributed by atoms with van der Waals surface area (Å²) in [4.78, 5) is 9.70. The van der Waals surface area contributed by atoms with Crippen LogP contribution in [0.5, 0.6) is 0 Å². The van der Waals surface area contributed by atoms with Crippen molar-refractivity contribution in [3.8, 4) is 0 Å². The molecule has 1 unspecified atom stereocenters. The molecule has 5 heteroatoms. The molecule has 5 nitrogen and oxygen atoms in total. The maximum Gasteiger partial charge on any atom is 0.104 e. The SMILES string of the molecule is Cc1nc2ccc(N(C)CC(N)CN)cc2[nH]1. The molecule has 5 N–H and O–H groups in total. The van der Waals surface area contributed by atoms with Crippen molar-refractivity contribution in [3.05, 3.63) is 24.0 Å². The largest absolute Gasteiger partial charge is 0.373 e. The number of fused-ring (bicyclic) bond motifs is 1. The van der Waals surface area contributed by atoms with Gasteiger partial charge in [-0.05, 0) is 25.1 Å². The number of nitrogens with zero attached hydrogens (tertiary/aromatic N) is 2. The van der Waals surface area contributed by atoms with Gasteiger partial charge in [0.15, 0.2) is 0 Å². The predicted octanol–water partition coefficient (Wildman–Crippen LogP) is 0.594. The van der Waals surface area contributed by atoms with Crippen molar-refractivity contribution in [2.24, 2.45) is 11.5 Å². The number of H-pyrrole nitrogens is 1. The van der Waals surface area contributed by atoms with E-state index in [1.165, 1.54) is 0 Å². The Kier molecular flexibility index (Phi) is 3.31. The summed E-state index contributed by atoms with van der Waals surface area (Å²) < 4.78 is 0. The number of imidazole rings is 1. The monoisotopic (exact) mass is 233 g/mol. The van der Waals surface area contributed by atoms with Crippen LogP contribution in [0.3, 0.4) is 0 Å². The normalized spacial score (nSPS) is 12.9. The fourth-order valence-corrected chi connectivity index (χ4v) is 1.89. The Morgan fingerprint density at radius 2 is 2.24 bits per heavy atom. The lowest BCUT2D eigenvalue weighted by atomic mass is 10.2. The molecule has 1 atom stereocenters. The first-order valence-corrected chi connectivity index (χ1v) is 5.73. The van der Waals surface area contributed by atoms with E-state index < -0.39 is 0 Å². The van der Waals surface area contributed by atoms with Gasteiger partial charge in [0.05, 0.1) is 11.0 Å². The predicted molar refractivity (Wildman–Crippen MR) is 71.1 cm³/mol. The molecule has 17 heavy (non-hydrogen) atoms. The van der Waals surface area contributed by atoms with Crippen molar-refractivity contribution < 1.29 is 0 Å². The van der Waals surface area contributed by atoms with E-state index in [9.17, 15) is 0 Å². The van der Waals surface area contributed by atoms with Gasteiger partial charge < -0.3 is 21.4 Å². The van der Waals surface area contributed by atoms with E-state index in [1.807, 2.05) is 26.1 Å². The Morgan fingerprint density at radius 3 is 2.94 bits per heavy atom. The molecular formula is C12H19N5. The van der Waals surface area contributed by atoms with Crippen molar-refractivity contribution in [1.82, 2.24) is 9.97 Å². The molecule has 0 saturated carbocycles. The minimum atomic E-state index is -0.000741. The van der Waals surface area contributed by atoms with Crippen LogP contribution >= 0.6 is 0 Å². The Bertz CT molecular complexity index is 505. The molecule has 0 bridgehead atoms. The molecule has 1 aromatic carbocycles. The molecule has 2 aromatic rings. The highest BCUT2D eigenvalue weighted by Crippen LogP contribution is 2.19. The summed E-state index contributed by atoms with van der Waals surface area (Å²) in [6, 6.07) is 6.14. The van der Waals surface area contributed by atoms with Crippen molar-refractivity contribution in [1.29, 1.82) is 0 Å². The summed E-state index contributed by atoms with van der Waals surface area (Å²) in [5, 5.41) is 0. The first-order valence-electron chi connectivity index (χ1n) is 5.73. The van der Waals surface area contributed by atoms with Crippen molar-refractivity contribution in [3.63, 3.8) is 0 Å². The van der Waals surface area contributed by atoms with Crippen LogP contribution in [0, 0.1) is 6.92 Å². The lowest BCUT2D eigenvalue weighted by molar-refractivity contribution is 0.668. The fraction of sp³-hybridized carbons (Fsp3) is 0.417.